The summed E-state index contributed by atoms with van der Waals surface area (Å²) in [5.74, 6) is 0.406. The fourth-order valence-electron chi connectivity index (χ4n) is 5.72. The van der Waals surface area contributed by atoms with Gasteiger partial charge in [-0.15, -0.1) is 0 Å². The monoisotopic (exact) mass is 508 g/mol. The second kappa shape index (κ2) is 11.9. The van der Waals surface area contributed by atoms with Crippen LogP contribution >= 0.6 is 0 Å². The van der Waals surface area contributed by atoms with Crippen molar-refractivity contribution in [3.05, 3.63) is 120 Å². The highest BCUT2D eigenvalue weighted by Crippen LogP contribution is 2.40. The van der Waals surface area contributed by atoms with E-state index in [4.69, 9.17) is 9.84 Å². The highest BCUT2D eigenvalue weighted by atomic mass is 16.5. The Morgan fingerprint density at radius 3 is 2.66 bits per heavy atom. The zero-order chi connectivity index (χ0) is 26.4. The molecule has 0 aromatic heterocycles. The number of hydrazone groups is 1. The Morgan fingerprint density at radius 2 is 1.92 bits per heavy atom. The lowest BCUT2D eigenvalue weighted by atomic mass is 9.95. The molecule has 2 aromatic carbocycles. The summed E-state index contributed by atoms with van der Waals surface area (Å²) < 4.78 is 6.26. The highest BCUT2D eigenvalue weighted by molar-refractivity contribution is 5.79. The standard InChI is InChI=1S/C33H40N4O/c1-25(2)36-31-12-7-11-30(20-31)22-34-26(3)32-21-33(17-8-18-38-33)24-37(32)35-23-29-15-13-28(14-16-29)19-27-9-5-4-6-10-27/h4-7,9-16,23,30,32,34,36H,1,3,8,17-22,24H2,2H3/b35-23+. The van der Waals surface area contributed by atoms with Crippen molar-refractivity contribution in [2.45, 2.75) is 50.7 Å². The molecule has 198 valence electrons. The molecule has 2 fully saturated rings. The van der Waals surface area contributed by atoms with Gasteiger partial charge in [-0.1, -0.05) is 79.9 Å². The average Bonchev–Trinajstić information content (AvgIpc) is 3.53. The Balaban J connectivity index is 1.21. The predicted molar refractivity (Wildman–Crippen MR) is 157 cm³/mol. The number of nitrogens with one attached hydrogen (secondary N) is 2. The SMILES string of the molecule is C=C(C)NC1=CC=CC(CNC(=C)C2CC3(CCCO3)CN2/N=C/c2ccc(Cc3ccccc3)cc2)C1. The fourth-order valence-corrected chi connectivity index (χ4v) is 5.72. The van der Waals surface area contributed by atoms with Crippen molar-refractivity contribution < 1.29 is 4.74 Å². The quantitative estimate of drug-likeness (QED) is 0.391. The number of allylic oxidation sites excluding steroid dienone is 4. The van der Waals surface area contributed by atoms with Crippen LogP contribution in [0.2, 0.25) is 0 Å². The van der Waals surface area contributed by atoms with E-state index in [9.17, 15) is 0 Å². The second-order valence-electron chi connectivity index (χ2n) is 11.0. The van der Waals surface area contributed by atoms with Crippen LogP contribution in [0.4, 0.5) is 0 Å². The fraction of sp³-hybridized carbons (Fsp3) is 0.364. The summed E-state index contributed by atoms with van der Waals surface area (Å²) in [6.07, 6.45) is 13.5. The van der Waals surface area contributed by atoms with E-state index < -0.39 is 0 Å². The molecule has 5 heteroatoms. The molecular formula is C33H40N4O. The Bertz CT molecular complexity index is 1210. The Hall–Kier alpha value is -3.57. The molecule has 5 rings (SSSR count). The van der Waals surface area contributed by atoms with Crippen LogP contribution in [-0.2, 0) is 11.2 Å². The number of rotatable bonds is 10. The molecule has 0 saturated carbocycles. The Kier molecular flexibility index (Phi) is 8.14. The molecule has 1 aliphatic carbocycles. The summed E-state index contributed by atoms with van der Waals surface area (Å²) in [6, 6.07) is 19.4. The molecular weight excluding hydrogens is 468 g/mol. The van der Waals surface area contributed by atoms with Crippen molar-refractivity contribution in [3.8, 4) is 0 Å². The largest absolute Gasteiger partial charge is 0.386 e. The molecule has 38 heavy (non-hydrogen) atoms. The molecule has 0 bridgehead atoms. The van der Waals surface area contributed by atoms with E-state index >= 15 is 0 Å². The molecule has 2 saturated heterocycles. The van der Waals surface area contributed by atoms with E-state index in [0.717, 1.165) is 68.8 Å². The van der Waals surface area contributed by atoms with Crippen LogP contribution in [0, 0.1) is 5.92 Å². The van der Waals surface area contributed by atoms with Gasteiger partial charge in [0.15, 0.2) is 0 Å². The van der Waals surface area contributed by atoms with Gasteiger partial charge < -0.3 is 15.4 Å². The number of hydrogen-bond acceptors (Lipinski definition) is 5. The van der Waals surface area contributed by atoms with Gasteiger partial charge in [-0.05, 0) is 61.3 Å². The number of hydrogen-bond donors (Lipinski definition) is 2. The molecule has 0 radical (unpaired) electrons. The Morgan fingerprint density at radius 1 is 1.13 bits per heavy atom. The van der Waals surface area contributed by atoms with Crippen molar-refractivity contribution in [3.63, 3.8) is 0 Å². The van der Waals surface area contributed by atoms with E-state index in [1.54, 1.807) is 0 Å². The van der Waals surface area contributed by atoms with Crippen LogP contribution < -0.4 is 10.6 Å². The lowest BCUT2D eigenvalue weighted by Gasteiger charge is -2.26. The van der Waals surface area contributed by atoms with E-state index in [1.807, 2.05) is 13.1 Å². The highest BCUT2D eigenvalue weighted by Gasteiger charge is 2.47. The van der Waals surface area contributed by atoms with Crippen LogP contribution in [0.1, 0.15) is 49.3 Å². The summed E-state index contributed by atoms with van der Waals surface area (Å²) >= 11 is 0. The molecule has 3 atom stereocenters. The first kappa shape index (κ1) is 26.1. The van der Waals surface area contributed by atoms with Crippen LogP contribution in [0.5, 0.6) is 0 Å². The number of benzene rings is 2. The summed E-state index contributed by atoms with van der Waals surface area (Å²) in [4.78, 5) is 0. The van der Waals surface area contributed by atoms with Crippen molar-refractivity contribution in [1.82, 2.24) is 15.6 Å². The molecule has 0 amide bonds. The summed E-state index contributed by atoms with van der Waals surface area (Å²) in [7, 11) is 0. The van der Waals surface area contributed by atoms with Gasteiger partial charge in [-0.3, -0.25) is 5.01 Å². The normalized spacial score (nSPS) is 24.7. The van der Waals surface area contributed by atoms with Gasteiger partial charge in [0.2, 0.25) is 0 Å². The summed E-state index contributed by atoms with van der Waals surface area (Å²) in [6.45, 7) is 12.9. The van der Waals surface area contributed by atoms with Gasteiger partial charge in [-0.25, -0.2) is 0 Å². The molecule has 1 spiro atoms. The topological polar surface area (TPSA) is 48.9 Å². The molecule has 3 unspecified atom stereocenters. The zero-order valence-corrected chi connectivity index (χ0v) is 22.5. The van der Waals surface area contributed by atoms with Crippen molar-refractivity contribution in [2.24, 2.45) is 11.0 Å². The zero-order valence-electron chi connectivity index (χ0n) is 22.5. The van der Waals surface area contributed by atoms with Gasteiger partial charge in [0.25, 0.3) is 0 Å². The van der Waals surface area contributed by atoms with Crippen molar-refractivity contribution in [1.29, 1.82) is 0 Å². The van der Waals surface area contributed by atoms with Crippen molar-refractivity contribution in [2.75, 3.05) is 19.7 Å². The lowest BCUT2D eigenvalue weighted by molar-refractivity contribution is 0.0129. The van der Waals surface area contributed by atoms with Crippen LogP contribution in [0.3, 0.4) is 0 Å². The maximum absolute atomic E-state index is 6.26. The third-order valence-corrected chi connectivity index (χ3v) is 7.68. The molecule has 2 aliphatic heterocycles. The van der Waals surface area contributed by atoms with Gasteiger partial charge in [-0.2, -0.15) is 5.10 Å². The maximum Gasteiger partial charge on any atom is 0.0898 e. The number of ether oxygens (including phenoxy) is 1. The first-order chi connectivity index (χ1) is 18.5. The van der Waals surface area contributed by atoms with E-state index in [0.29, 0.717) is 5.92 Å². The second-order valence-corrected chi connectivity index (χ2v) is 11.0. The predicted octanol–water partition coefficient (Wildman–Crippen LogP) is 5.92. The lowest BCUT2D eigenvalue weighted by Crippen LogP contribution is -2.35. The maximum atomic E-state index is 6.26. The summed E-state index contributed by atoms with van der Waals surface area (Å²) in [5.41, 5.74) is 6.81. The number of nitrogens with zero attached hydrogens (tertiary/aromatic N) is 2. The summed E-state index contributed by atoms with van der Waals surface area (Å²) in [5, 5.41) is 14.1. The van der Waals surface area contributed by atoms with Crippen molar-refractivity contribution >= 4 is 6.21 Å². The third kappa shape index (κ3) is 6.65. The molecule has 2 aromatic rings. The molecule has 2 N–H and O–H groups in total. The van der Waals surface area contributed by atoms with Gasteiger partial charge in [0, 0.05) is 36.7 Å². The first-order valence-electron chi connectivity index (χ1n) is 13.8. The van der Waals surface area contributed by atoms with Gasteiger partial charge >= 0.3 is 0 Å². The first-order valence-corrected chi connectivity index (χ1v) is 13.8. The third-order valence-electron chi connectivity index (χ3n) is 7.68. The minimum absolute atomic E-state index is 0.109. The minimum atomic E-state index is -0.113. The van der Waals surface area contributed by atoms with E-state index in [2.05, 4.69) is 102 Å². The average molecular weight is 509 g/mol. The smallest absolute Gasteiger partial charge is 0.0898 e. The minimum Gasteiger partial charge on any atom is -0.386 e. The van der Waals surface area contributed by atoms with Gasteiger partial charge in [0.1, 0.15) is 0 Å². The van der Waals surface area contributed by atoms with E-state index in [1.165, 1.54) is 16.8 Å². The van der Waals surface area contributed by atoms with E-state index in [-0.39, 0.29) is 11.6 Å². The molecule has 3 aliphatic rings. The molecule has 2 heterocycles. The van der Waals surface area contributed by atoms with Gasteiger partial charge in [0.05, 0.1) is 24.4 Å². The van der Waals surface area contributed by atoms with Crippen LogP contribution in [-0.4, -0.2) is 42.6 Å². The van der Waals surface area contributed by atoms with Crippen LogP contribution in [0.25, 0.3) is 0 Å². The Labute approximate surface area is 227 Å². The molecule has 5 nitrogen and oxygen atoms in total. The van der Waals surface area contributed by atoms with Crippen LogP contribution in [0.15, 0.2) is 108 Å².